The first-order valence-corrected chi connectivity index (χ1v) is 11.0. The predicted octanol–water partition coefficient (Wildman–Crippen LogP) is 3.80. The number of alkyl halides is 1. The number of rotatable bonds is 9. The smallest absolute Gasteiger partial charge is 0.337 e. The van der Waals surface area contributed by atoms with E-state index >= 15 is 0 Å². The molecule has 1 N–H and O–H groups in total. The summed E-state index contributed by atoms with van der Waals surface area (Å²) in [6, 6.07) is 10.9. The van der Waals surface area contributed by atoms with E-state index in [9.17, 15) is 22.7 Å². The molecule has 0 radical (unpaired) electrons. The van der Waals surface area contributed by atoms with Crippen LogP contribution in [0.5, 0.6) is 0 Å². The number of anilines is 1. The van der Waals surface area contributed by atoms with E-state index in [-0.39, 0.29) is 12.1 Å². The molecule has 1 atom stereocenters. The average molecular weight is 443 g/mol. The molecule has 0 heterocycles. The fourth-order valence-corrected chi connectivity index (χ4v) is 4.72. The zero-order chi connectivity index (χ0) is 21.8. The lowest BCUT2D eigenvalue weighted by Gasteiger charge is -2.26. The van der Waals surface area contributed by atoms with Gasteiger partial charge in [0.25, 0.3) is 0 Å². The molecule has 0 saturated heterocycles. The lowest BCUT2D eigenvalue weighted by molar-refractivity contribution is 0.0696. The van der Waals surface area contributed by atoms with Gasteiger partial charge in [-0.2, -0.15) is 4.31 Å². The van der Waals surface area contributed by atoms with E-state index in [1.807, 2.05) is 30.3 Å². The number of carbonyl (C=O) groups is 1. The summed E-state index contributed by atoms with van der Waals surface area (Å²) in [6.07, 6.45) is 0.240. The van der Waals surface area contributed by atoms with Gasteiger partial charge in [-0.15, -0.1) is 11.6 Å². The first-order chi connectivity index (χ1) is 13.6. The van der Waals surface area contributed by atoms with E-state index in [4.69, 9.17) is 11.6 Å². The van der Waals surface area contributed by atoms with Gasteiger partial charge >= 0.3 is 5.97 Å². The van der Waals surface area contributed by atoms with Gasteiger partial charge in [-0.05, 0) is 31.5 Å². The van der Waals surface area contributed by atoms with Gasteiger partial charge in [0, 0.05) is 26.6 Å². The summed E-state index contributed by atoms with van der Waals surface area (Å²) < 4.78 is 41.7. The second-order valence-electron chi connectivity index (χ2n) is 6.42. The molecule has 9 heteroatoms. The van der Waals surface area contributed by atoms with Crippen molar-refractivity contribution in [1.29, 1.82) is 0 Å². The number of halogens is 2. The van der Waals surface area contributed by atoms with Gasteiger partial charge in [-0.3, -0.25) is 0 Å². The van der Waals surface area contributed by atoms with Crippen LogP contribution >= 0.6 is 11.6 Å². The Labute approximate surface area is 175 Å². The number of nitrogens with zero attached hydrogens (tertiary/aromatic N) is 2. The molecular formula is C20H24ClFN2O4S. The molecule has 0 aliphatic heterocycles. The Morgan fingerprint density at radius 3 is 2.28 bits per heavy atom. The molecule has 0 spiro atoms. The third-order valence-electron chi connectivity index (χ3n) is 4.67. The molecule has 1 unspecified atom stereocenters. The molecule has 29 heavy (non-hydrogen) atoms. The SMILES string of the molecule is CCN(CC)c1c(F)cc(S(=O)(=O)N(C)C(Cl)Cc2ccccc2)cc1C(=O)O. The molecule has 2 aromatic carbocycles. The molecule has 0 amide bonds. The number of benzene rings is 2. The quantitative estimate of drug-likeness (QED) is 0.472. The van der Waals surface area contributed by atoms with Crippen LogP contribution in [0.1, 0.15) is 29.8 Å². The van der Waals surface area contributed by atoms with Gasteiger partial charge in [0.05, 0.1) is 16.1 Å². The Balaban J connectivity index is 2.44. The van der Waals surface area contributed by atoms with Crippen LogP contribution in [0.4, 0.5) is 10.1 Å². The molecule has 0 bridgehead atoms. The maximum Gasteiger partial charge on any atom is 0.337 e. The lowest BCUT2D eigenvalue weighted by Crippen LogP contribution is -2.35. The van der Waals surface area contributed by atoms with E-state index in [1.165, 1.54) is 11.9 Å². The summed E-state index contributed by atoms with van der Waals surface area (Å²) in [7, 11) is -2.93. The van der Waals surface area contributed by atoms with Crippen molar-refractivity contribution in [1.82, 2.24) is 4.31 Å². The van der Waals surface area contributed by atoms with Crippen LogP contribution in [-0.4, -0.2) is 49.4 Å². The second kappa shape index (κ2) is 9.56. The Bertz CT molecular complexity index is 966. The van der Waals surface area contributed by atoms with Crippen LogP contribution in [0.2, 0.25) is 0 Å². The van der Waals surface area contributed by atoms with E-state index < -0.39 is 37.8 Å². The van der Waals surface area contributed by atoms with Gasteiger partial charge in [0.1, 0.15) is 11.3 Å². The number of carboxylic acid groups (broad SMARTS) is 1. The lowest BCUT2D eigenvalue weighted by atomic mass is 10.1. The minimum atomic E-state index is -4.21. The van der Waals surface area contributed by atoms with Gasteiger partial charge in [-0.25, -0.2) is 17.6 Å². The molecule has 0 fully saturated rings. The topological polar surface area (TPSA) is 77.9 Å². The summed E-state index contributed by atoms with van der Waals surface area (Å²) in [5, 5.41) is 9.54. The summed E-state index contributed by atoms with van der Waals surface area (Å²) in [5.74, 6) is -2.31. The van der Waals surface area contributed by atoms with Crippen LogP contribution in [0.25, 0.3) is 0 Å². The number of carboxylic acids is 1. The van der Waals surface area contributed by atoms with E-state index in [2.05, 4.69) is 0 Å². The Morgan fingerprint density at radius 1 is 1.17 bits per heavy atom. The molecule has 2 aromatic rings. The molecule has 6 nitrogen and oxygen atoms in total. The zero-order valence-corrected chi connectivity index (χ0v) is 18.0. The highest BCUT2D eigenvalue weighted by molar-refractivity contribution is 7.89. The molecule has 0 aliphatic rings. The Kier molecular flexibility index (Phi) is 7.62. The van der Waals surface area contributed by atoms with Crippen LogP contribution in [0.3, 0.4) is 0 Å². The van der Waals surface area contributed by atoms with Crippen LogP contribution in [0.15, 0.2) is 47.4 Å². The highest BCUT2D eigenvalue weighted by Crippen LogP contribution is 2.30. The molecule has 2 rings (SSSR count). The highest BCUT2D eigenvalue weighted by Gasteiger charge is 2.30. The zero-order valence-electron chi connectivity index (χ0n) is 16.5. The van der Waals surface area contributed by atoms with Gasteiger partial charge in [-0.1, -0.05) is 30.3 Å². The summed E-state index contributed by atoms with van der Waals surface area (Å²) in [5.41, 5.74) is -0.629. The van der Waals surface area contributed by atoms with Crippen LogP contribution in [0, 0.1) is 5.82 Å². The van der Waals surface area contributed by atoms with Gasteiger partial charge in [0.15, 0.2) is 0 Å². The number of aromatic carboxylic acids is 1. The molecular weight excluding hydrogens is 419 g/mol. The van der Waals surface area contributed by atoms with Crippen molar-refractivity contribution >= 4 is 33.3 Å². The maximum absolute atomic E-state index is 14.8. The molecule has 0 aromatic heterocycles. The normalized spacial score (nSPS) is 12.8. The van der Waals surface area contributed by atoms with Crippen LogP contribution < -0.4 is 4.90 Å². The van der Waals surface area contributed by atoms with Crippen molar-refractivity contribution < 1.29 is 22.7 Å². The summed E-state index contributed by atoms with van der Waals surface area (Å²) >= 11 is 6.30. The standard InChI is InChI=1S/C20H24ClFN2O4S/c1-4-24(5-2)19-16(20(25)26)12-15(13-17(19)22)29(27,28)23(3)18(21)11-14-9-7-6-8-10-14/h6-10,12-13,18H,4-5,11H2,1-3H3,(H,25,26). The van der Waals surface area contributed by atoms with Crippen molar-refractivity contribution in [2.24, 2.45) is 0 Å². The number of hydrogen-bond acceptors (Lipinski definition) is 4. The van der Waals surface area contributed by atoms with E-state index in [1.54, 1.807) is 13.8 Å². The van der Waals surface area contributed by atoms with Crippen LogP contribution in [-0.2, 0) is 16.4 Å². The van der Waals surface area contributed by atoms with Crippen molar-refractivity contribution in [3.05, 3.63) is 59.4 Å². The number of sulfonamides is 1. The molecule has 158 valence electrons. The van der Waals surface area contributed by atoms with Crippen molar-refractivity contribution in [2.45, 2.75) is 30.7 Å². The van der Waals surface area contributed by atoms with Gasteiger partial charge < -0.3 is 10.0 Å². The molecule has 0 aliphatic carbocycles. The number of hydrogen-bond donors (Lipinski definition) is 1. The Morgan fingerprint density at radius 2 is 1.76 bits per heavy atom. The first kappa shape index (κ1) is 23.1. The first-order valence-electron chi connectivity index (χ1n) is 9.11. The third-order valence-corrected chi connectivity index (χ3v) is 7.07. The summed E-state index contributed by atoms with van der Waals surface area (Å²) in [6.45, 7) is 4.27. The van der Waals surface area contributed by atoms with Crippen molar-refractivity contribution in [2.75, 3.05) is 25.0 Å². The fraction of sp³-hybridized carbons (Fsp3) is 0.350. The average Bonchev–Trinajstić information content (AvgIpc) is 2.69. The predicted molar refractivity (Wildman–Crippen MR) is 112 cm³/mol. The number of likely N-dealkylation sites (N-methyl/N-ethyl adjacent to an activating group) is 1. The summed E-state index contributed by atoms with van der Waals surface area (Å²) in [4.78, 5) is 12.8. The largest absolute Gasteiger partial charge is 0.478 e. The Hall–Kier alpha value is -2.16. The fourth-order valence-electron chi connectivity index (χ4n) is 3.00. The van der Waals surface area contributed by atoms with E-state index in [0.29, 0.717) is 13.1 Å². The second-order valence-corrected chi connectivity index (χ2v) is 8.93. The van der Waals surface area contributed by atoms with E-state index in [0.717, 1.165) is 22.0 Å². The monoisotopic (exact) mass is 442 g/mol. The van der Waals surface area contributed by atoms with Crippen molar-refractivity contribution in [3.8, 4) is 0 Å². The minimum absolute atomic E-state index is 0.129. The maximum atomic E-state index is 14.8. The van der Waals surface area contributed by atoms with Gasteiger partial charge in [0.2, 0.25) is 10.0 Å². The van der Waals surface area contributed by atoms with Crippen molar-refractivity contribution in [3.63, 3.8) is 0 Å². The third kappa shape index (κ3) is 5.07. The minimum Gasteiger partial charge on any atom is -0.478 e. The highest BCUT2D eigenvalue weighted by atomic mass is 35.5. The molecule has 0 saturated carbocycles.